The number of hydrogen-bond acceptors (Lipinski definition) is 1. The van der Waals surface area contributed by atoms with Gasteiger partial charge in [0.1, 0.15) is 17.5 Å². The third kappa shape index (κ3) is 4.08. The molecule has 0 radical (unpaired) electrons. The van der Waals surface area contributed by atoms with E-state index in [4.69, 9.17) is 0 Å². The lowest BCUT2D eigenvalue weighted by molar-refractivity contribution is 0.484. The third-order valence-electron chi connectivity index (χ3n) is 3.35. The lowest BCUT2D eigenvalue weighted by Crippen LogP contribution is -2.25. The molecule has 1 N–H and O–H groups in total. The second-order valence-electron chi connectivity index (χ2n) is 4.97. The highest BCUT2D eigenvalue weighted by molar-refractivity contribution is 5.26. The number of halogens is 3. The molecule has 0 aliphatic rings. The molecule has 0 aliphatic heterocycles. The van der Waals surface area contributed by atoms with Crippen molar-refractivity contribution in [1.29, 1.82) is 0 Å². The molecular weight excluding hydrogens is 275 g/mol. The van der Waals surface area contributed by atoms with Gasteiger partial charge in [-0.05, 0) is 49.2 Å². The van der Waals surface area contributed by atoms with Crippen molar-refractivity contribution in [1.82, 2.24) is 5.32 Å². The molecule has 21 heavy (non-hydrogen) atoms. The summed E-state index contributed by atoms with van der Waals surface area (Å²) in [5, 5.41) is 3.19. The summed E-state index contributed by atoms with van der Waals surface area (Å²) in [6.45, 7) is 2.67. The summed E-state index contributed by atoms with van der Waals surface area (Å²) in [4.78, 5) is 0. The second-order valence-corrected chi connectivity index (χ2v) is 4.97. The molecule has 2 rings (SSSR count). The molecule has 0 aromatic heterocycles. The van der Waals surface area contributed by atoms with Crippen LogP contribution in [-0.4, -0.2) is 6.54 Å². The number of nitrogens with one attached hydrogen (secondary N) is 1. The molecule has 0 saturated carbocycles. The van der Waals surface area contributed by atoms with Crippen LogP contribution in [0.1, 0.15) is 30.5 Å². The summed E-state index contributed by atoms with van der Waals surface area (Å²) in [6, 6.07) is 9.34. The molecule has 0 aliphatic carbocycles. The maximum absolute atomic E-state index is 13.9. The summed E-state index contributed by atoms with van der Waals surface area (Å²) in [5.74, 6) is -1.31. The summed E-state index contributed by atoms with van der Waals surface area (Å²) in [7, 11) is 0. The highest BCUT2D eigenvalue weighted by Gasteiger charge is 2.17. The first-order chi connectivity index (χ1) is 10.1. The first-order valence-electron chi connectivity index (χ1n) is 7.03. The van der Waals surface area contributed by atoms with E-state index in [1.165, 1.54) is 6.07 Å². The van der Waals surface area contributed by atoms with Crippen LogP contribution >= 0.6 is 0 Å². The van der Waals surface area contributed by atoms with Crippen molar-refractivity contribution >= 4 is 0 Å². The van der Waals surface area contributed by atoms with Crippen LogP contribution in [0.25, 0.3) is 0 Å². The molecule has 1 nitrogen and oxygen atoms in total. The van der Waals surface area contributed by atoms with Gasteiger partial charge in [0, 0.05) is 11.6 Å². The van der Waals surface area contributed by atoms with Crippen LogP contribution in [0.2, 0.25) is 0 Å². The van der Waals surface area contributed by atoms with Gasteiger partial charge < -0.3 is 5.32 Å². The fraction of sp³-hybridized carbons (Fsp3) is 0.294. The first-order valence-corrected chi connectivity index (χ1v) is 7.03. The van der Waals surface area contributed by atoms with Crippen molar-refractivity contribution in [3.63, 3.8) is 0 Å². The minimum atomic E-state index is -0.492. The largest absolute Gasteiger partial charge is 0.310 e. The summed E-state index contributed by atoms with van der Waals surface area (Å²) >= 11 is 0. The van der Waals surface area contributed by atoms with E-state index in [0.717, 1.165) is 24.6 Å². The molecule has 0 amide bonds. The van der Waals surface area contributed by atoms with E-state index in [9.17, 15) is 13.2 Å². The maximum atomic E-state index is 13.9. The molecule has 112 valence electrons. The lowest BCUT2D eigenvalue weighted by atomic mass is 9.97. The van der Waals surface area contributed by atoms with Gasteiger partial charge in [0.2, 0.25) is 0 Å². The van der Waals surface area contributed by atoms with E-state index in [0.29, 0.717) is 12.1 Å². The van der Waals surface area contributed by atoms with Gasteiger partial charge in [0.15, 0.2) is 0 Å². The molecule has 2 aromatic carbocycles. The van der Waals surface area contributed by atoms with Gasteiger partial charge in [0.05, 0.1) is 0 Å². The molecular formula is C17H18F3N. The summed E-state index contributed by atoms with van der Waals surface area (Å²) in [6.07, 6.45) is 1.07. The average molecular weight is 293 g/mol. The number of hydrogen-bond donors (Lipinski definition) is 1. The first kappa shape index (κ1) is 15.6. The Hall–Kier alpha value is -1.81. The smallest absolute Gasteiger partial charge is 0.127 e. The van der Waals surface area contributed by atoms with Crippen LogP contribution in [0.15, 0.2) is 42.5 Å². The van der Waals surface area contributed by atoms with E-state index in [1.54, 1.807) is 18.2 Å². The van der Waals surface area contributed by atoms with Crippen molar-refractivity contribution < 1.29 is 13.2 Å². The highest BCUT2D eigenvalue weighted by Crippen LogP contribution is 2.23. The van der Waals surface area contributed by atoms with Gasteiger partial charge in [0.25, 0.3) is 0 Å². The zero-order valence-electron chi connectivity index (χ0n) is 11.9. The lowest BCUT2D eigenvalue weighted by Gasteiger charge is -2.20. The zero-order valence-corrected chi connectivity index (χ0v) is 11.9. The minimum Gasteiger partial charge on any atom is -0.310 e. The Balaban J connectivity index is 2.28. The van der Waals surface area contributed by atoms with Crippen LogP contribution in [0, 0.1) is 17.5 Å². The van der Waals surface area contributed by atoms with E-state index in [1.807, 2.05) is 6.92 Å². The minimum absolute atomic E-state index is 0.199. The van der Waals surface area contributed by atoms with Crippen LogP contribution in [-0.2, 0) is 6.42 Å². The SMILES string of the molecule is CCCNC(Cc1cc(F)ccc1F)c1ccccc1F. The summed E-state index contributed by atoms with van der Waals surface area (Å²) < 4.78 is 41.0. The fourth-order valence-electron chi connectivity index (χ4n) is 2.29. The molecule has 0 heterocycles. The molecule has 1 unspecified atom stereocenters. The van der Waals surface area contributed by atoms with Crippen molar-refractivity contribution in [3.05, 3.63) is 71.0 Å². The molecule has 0 spiro atoms. The third-order valence-corrected chi connectivity index (χ3v) is 3.35. The van der Waals surface area contributed by atoms with E-state index in [2.05, 4.69) is 5.32 Å². The molecule has 0 bridgehead atoms. The van der Waals surface area contributed by atoms with Crippen molar-refractivity contribution in [2.45, 2.75) is 25.8 Å². The van der Waals surface area contributed by atoms with E-state index < -0.39 is 11.6 Å². The van der Waals surface area contributed by atoms with Crippen LogP contribution in [0.4, 0.5) is 13.2 Å². The van der Waals surface area contributed by atoms with Crippen molar-refractivity contribution in [3.8, 4) is 0 Å². The Kier molecular flexibility index (Phi) is 5.39. The van der Waals surface area contributed by atoms with Crippen LogP contribution in [0.5, 0.6) is 0 Å². The normalized spacial score (nSPS) is 12.4. The predicted molar refractivity (Wildman–Crippen MR) is 77.5 cm³/mol. The summed E-state index contributed by atoms with van der Waals surface area (Å²) in [5.41, 5.74) is 0.710. The fourth-order valence-corrected chi connectivity index (χ4v) is 2.29. The Morgan fingerprint density at radius 1 is 1.00 bits per heavy atom. The topological polar surface area (TPSA) is 12.0 Å². The number of rotatable bonds is 6. The van der Waals surface area contributed by atoms with Crippen LogP contribution in [0.3, 0.4) is 0 Å². The van der Waals surface area contributed by atoms with Crippen molar-refractivity contribution in [2.24, 2.45) is 0 Å². The van der Waals surface area contributed by atoms with Gasteiger partial charge >= 0.3 is 0 Å². The predicted octanol–water partition coefficient (Wildman–Crippen LogP) is 4.39. The molecule has 4 heteroatoms. The second kappa shape index (κ2) is 7.27. The van der Waals surface area contributed by atoms with Gasteiger partial charge in [-0.3, -0.25) is 0 Å². The zero-order chi connectivity index (χ0) is 15.2. The standard InChI is InChI=1S/C17H18F3N/c1-2-9-21-17(14-5-3-4-6-16(14)20)11-12-10-13(18)7-8-15(12)19/h3-8,10,17,21H,2,9,11H2,1H3. The van der Waals surface area contributed by atoms with E-state index >= 15 is 0 Å². The van der Waals surface area contributed by atoms with Gasteiger partial charge in [-0.2, -0.15) is 0 Å². The van der Waals surface area contributed by atoms with Crippen LogP contribution < -0.4 is 5.32 Å². The van der Waals surface area contributed by atoms with Crippen molar-refractivity contribution in [2.75, 3.05) is 6.54 Å². The van der Waals surface area contributed by atoms with Gasteiger partial charge in [-0.1, -0.05) is 25.1 Å². The molecule has 0 fully saturated rings. The Bertz CT molecular complexity index is 598. The Morgan fingerprint density at radius 2 is 1.76 bits per heavy atom. The van der Waals surface area contributed by atoms with Gasteiger partial charge in [-0.25, -0.2) is 13.2 Å². The Morgan fingerprint density at radius 3 is 2.48 bits per heavy atom. The highest BCUT2D eigenvalue weighted by atomic mass is 19.1. The number of benzene rings is 2. The monoisotopic (exact) mass is 293 g/mol. The molecule has 1 atom stereocenters. The average Bonchev–Trinajstić information content (AvgIpc) is 2.48. The van der Waals surface area contributed by atoms with Gasteiger partial charge in [-0.15, -0.1) is 0 Å². The quantitative estimate of drug-likeness (QED) is 0.833. The molecule has 0 saturated heterocycles. The molecule has 2 aromatic rings. The maximum Gasteiger partial charge on any atom is 0.127 e. The Labute approximate surface area is 122 Å². The van der Waals surface area contributed by atoms with E-state index in [-0.39, 0.29) is 23.8 Å².